The highest BCUT2D eigenvalue weighted by Gasteiger charge is 2.68. The number of carbonyl (C=O) groups excluding carboxylic acids is 5. The second-order valence-electron chi connectivity index (χ2n) is 13.6. The second kappa shape index (κ2) is 11.7. The number of allylic oxidation sites excluding steroid dienone is 2. The largest absolute Gasteiger partial charge is 0.504 e. The highest BCUT2D eigenvalue weighted by molar-refractivity contribution is 6.25. The number of hydrogen-bond donors (Lipinski definition) is 1. The van der Waals surface area contributed by atoms with Crippen LogP contribution in [-0.4, -0.2) is 41.6 Å². The van der Waals surface area contributed by atoms with Crippen molar-refractivity contribution >= 4 is 40.8 Å². The van der Waals surface area contributed by atoms with Gasteiger partial charge >= 0.3 is 0 Å². The number of hydrogen-bond acceptors (Lipinski definition) is 7. The predicted molar refractivity (Wildman–Crippen MR) is 185 cm³/mol. The van der Waals surface area contributed by atoms with E-state index in [9.17, 15) is 29.1 Å². The molecule has 9 heteroatoms. The van der Waals surface area contributed by atoms with E-state index < -0.39 is 35.0 Å². The zero-order chi connectivity index (χ0) is 34.9. The van der Waals surface area contributed by atoms with Gasteiger partial charge in [0.05, 0.1) is 41.7 Å². The fraction of sp³-hybridized carbons (Fsp3) is 0.244. The van der Waals surface area contributed by atoms with Gasteiger partial charge in [0.2, 0.25) is 23.6 Å². The van der Waals surface area contributed by atoms with Crippen molar-refractivity contribution in [1.82, 2.24) is 0 Å². The van der Waals surface area contributed by atoms with Crippen molar-refractivity contribution in [3.63, 3.8) is 0 Å². The molecule has 0 spiro atoms. The topological polar surface area (TPSA) is 121 Å². The van der Waals surface area contributed by atoms with Crippen LogP contribution in [0.5, 0.6) is 11.5 Å². The van der Waals surface area contributed by atoms with Crippen molar-refractivity contribution in [3.05, 3.63) is 131 Å². The maximum Gasteiger partial charge on any atom is 0.241 e. The third kappa shape index (κ3) is 4.42. The summed E-state index contributed by atoms with van der Waals surface area (Å²) >= 11 is 0. The molecule has 0 aromatic heterocycles. The van der Waals surface area contributed by atoms with E-state index >= 15 is 0 Å². The van der Waals surface area contributed by atoms with Crippen LogP contribution in [0.3, 0.4) is 0 Å². The minimum absolute atomic E-state index is 0.136. The van der Waals surface area contributed by atoms with E-state index in [1.807, 2.05) is 18.2 Å². The molecule has 250 valence electrons. The van der Waals surface area contributed by atoms with E-state index in [0.29, 0.717) is 28.1 Å². The van der Waals surface area contributed by atoms with Crippen molar-refractivity contribution in [1.29, 1.82) is 0 Å². The van der Waals surface area contributed by atoms with Crippen LogP contribution in [0.1, 0.15) is 47.2 Å². The molecular weight excluding hydrogens is 632 g/mol. The molecule has 1 N–H and O–H groups in total. The van der Waals surface area contributed by atoms with Crippen molar-refractivity contribution in [2.75, 3.05) is 16.9 Å². The molecule has 4 aromatic rings. The summed E-state index contributed by atoms with van der Waals surface area (Å²) in [6.07, 6.45) is 2.39. The van der Waals surface area contributed by atoms with Crippen LogP contribution < -0.4 is 14.5 Å². The molecule has 4 aliphatic rings. The Hall–Kier alpha value is -5.83. The Morgan fingerprint density at radius 2 is 1.38 bits per heavy atom. The van der Waals surface area contributed by atoms with Gasteiger partial charge in [-0.05, 0) is 68.1 Å². The van der Waals surface area contributed by atoms with Crippen LogP contribution >= 0.6 is 0 Å². The number of para-hydroxylation sites is 2. The Bertz CT molecular complexity index is 2110. The van der Waals surface area contributed by atoms with Gasteiger partial charge in [-0.2, -0.15) is 0 Å². The number of anilines is 2. The summed E-state index contributed by atoms with van der Waals surface area (Å²) in [7, 11) is 1.44. The zero-order valence-corrected chi connectivity index (χ0v) is 27.5. The zero-order valence-electron chi connectivity index (χ0n) is 27.5. The second-order valence-corrected chi connectivity index (χ2v) is 13.6. The van der Waals surface area contributed by atoms with Crippen LogP contribution in [0.4, 0.5) is 11.4 Å². The first kappa shape index (κ1) is 31.4. The molecule has 50 heavy (non-hydrogen) atoms. The molecule has 1 saturated carbocycles. The van der Waals surface area contributed by atoms with Gasteiger partial charge in [-0.1, -0.05) is 72.3 Å². The number of imide groups is 2. The lowest BCUT2D eigenvalue weighted by atomic mass is 9.51. The Balaban J connectivity index is 1.19. The number of amides is 4. The fourth-order valence-electron chi connectivity index (χ4n) is 8.89. The molecule has 0 unspecified atom stereocenters. The maximum absolute atomic E-state index is 14.6. The van der Waals surface area contributed by atoms with Crippen molar-refractivity contribution in [2.45, 2.75) is 25.7 Å². The first-order valence-electron chi connectivity index (χ1n) is 16.7. The Morgan fingerprint density at radius 1 is 0.740 bits per heavy atom. The highest BCUT2D eigenvalue weighted by Crippen LogP contribution is 2.65. The normalized spacial score (nSPS) is 27.1. The summed E-state index contributed by atoms with van der Waals surface area (Å²) in [5.41, 5.74) is 1.68. The Kier molecular flexibility index (Phi) is 7.33. The van der Waals surface area contributed by atoms with Gasteiger partial charge in [0, 0.05) is 22.6 Å². The molecule has 0 radical (unpaired) electrons. The summed E-state index contributed by atoms with van der Waals surface area (Å²) < 4.78 is 5.45. The SMILES string of the molecule is COc1cccc([C@H]2C3=CC[C@@H]4C(=O)N(c5ccc(C(=O)c6ccccc6)cc5)C(=O)[C@@H]4[C@@H]3C[C@H]3C(=O)N(c4ccccc4)C(=O)[C@@]23C)c1O. The first-order valence-corrected chi connectivity index (χ1v) is 16.7. The van der Waals surface area contributed by atoms with E-state index in [0.717, 1.165) is 5.57 Å². The molecule has 0 bridgehead atoms. The number of rotatable bonds is 6. The lowest BCUT2D eigenvalue weighted by molar-refractivity contribution is -0.131. The molecule has 9 nitrogen and oxygen atoms in total. The van der Waals surface area contributed by atoms with E-state index in [1.165, 1.54) is 16.9 Å². The van der Waals surface area contributed by atoms with Gasteiger partial charge in [-0.25, -0.2) is 4.90 Å². The van der Waals surface area contributed by atoms with Gasteiger partial charge < -0.3 is 9.84 Å². The van der Waals surface area contributed by atoms with Gasteiger partial charge in [0.25, 0.3) is 0 Å². The number of methoxy groups -OCH3 is 1. The number of aromatic hydroxyl groups is 1. The van der Waals surface area contributed by atoms with Gasteiger partial charge in [-0.15, -0.1) is 0 Å². The molecule has 2 aliphatic heterocycles. The summed E-state index contributed by atoms with van der Waals surface area (Å²) in [6.45, 7) is 1.78. The molecule has 2 saturated heterocycles. The molecule has 6 atom stereocenters. The van der Waals surface area contributed by atoms with Crippen LogP contribution in [-0.2, 0) is 19.2 Å². The smallest absolute Gasteiger partial charge is 0.241 e. The summed E-state index contributed by atoms with van der Waals surface area (Å²) in [5, 5.41) is 11.5. The number of fused-ring (bicyclic) bond motifs is 4. The average molecular weight is 667 g/mol. The van der Waals surface area contributed by atoms with E-state index in [4.69, 9.17) is 4.74 Å². The number of phenolic OH excluding ortho intramolecular Hbond substituents is 1. The minimum Gasteiger partial charge on any atom is -0.504 e. The number of carbonyl (C=O) groups is 5. The standard InChI is InChI=1S/C41H34N2O7/c1-41-31(38(47)43(40(41)49)25-12-7-4-8-13-25)22-30-27(34(41)29-14-9-15-32(50-2)36(29)45)20-21-28-33(30)39(48)42(37(28)46)26-18-16-24(17-19-26)35(44)23-10-5-3-6-11-23/h3-20,28,30-31,33-34,45H,21-22H2,1-2H3/t28-,30+,31-,33-,34+,41+/m0/s1. The first-order chi connectivity index (χ1) is 24.2. The molecule has 4 aromatic carbocycles. The van der Waals surface area contributed by atoms with Crippen molar-refractivity contribution in [3.8, 4) is 11.5 Å². The Morgan fingerprint density at radius 3 is 2.06 bits per heavy atom. The van der Waals surface area contributed by atoms with Crippen molar-refractivity contribution in [2.24, 2.45) is 29.1 Å². The Labute approximate surface area is 288 Å². The third-order valence-corrected chi connectivity index (χ3v) is 11.3. The minimum atomic E-state index is -1.29. The lowest BCUT2D eigenvalue weighted by Crippen LogP contribution is -2.48. The third-order valence-electron chi connectivity index (χ3n) is 11.3. The van der Waals surface area contributed by atoms with Gasteiger partial charge in [-0.3, -0.25) is 28.9 Å². The van der Waals surface area contributed by atoms with Crippen LogP contribution in [0.2, 0.25) is 0 Å². The molecule has 2 aliphatic carbocycles. The predicted octanol–water partition coefficient (Wildman–Crippen LogP) is 6.07. The number of benzene rings is 4. The highest BCUT2D eigenvalue weighted by atomic mass is 16.5. The summed E-state index contributed by atoms with van der Waals surface area (Å²) in [5.74, 6) is -5.14. The van der Waals surface area contributed by atoms with E-state index in [1.54, 1.807) is 97.9 Å². The molecule has 8 rings (SSSR count). The fourth-order valence-corrected chi connectivity index (χ4v) is 8.89. The summed E-state index contributed by atoms with van der Waals surface area (Å²) in [4.78, 5) is 72.8. The van der Waals surface area contributed by atoms with Gasteiger partial charge in [0.15, 0.2) is 17.3 Å². The average Bonchev–Trinajstić information content (AvgIpc) is 3.51. The number of phenols is 1. The van der Waals surface area contributed by atoms with Crippen LogP contribution in [0.15, 0.2) is 115 Å². The molecular formula is C41H34N2O7. The number of nitrogens with zero attached hydrogens (tertiary/aromatic N) is 2. The van der Waals surface area contributed by atoms with Gasteiger partial charge in [0.1, 0.15) is 0 Å². The number of ether oxygens (including phenoxy) is 1. The van der Waals surface area contributed by atoms with Crippen LogP contribution in [0, 0.1) is 29.1 Å². The molecule has 4 amide bonds. The maximum atomic E-state index is 14.6. The van der Waals surface area contributed by atoms with E-state index in [2.05, 4.69) is 0 Å². The van der Waals surface area contributed by atoms with Crippen LogP contribution in [0.25, 0.3) is 0 Å². The lowest BCUT2D eigenvalue weighted by Gasteiger charge is -2.49. The van der Waals surface area contributed by atoms with E-state index in [-0.39, 0.29) is 53.8 Å². The molecule has 3 fully saturated rings. The number of ketones is 1. The summed E-state index contributed by atoms with van der Waals surface area (Å²) in [6, 6.07) is 29.2. The quantitative estimate of drug-likeness (QED) is 0.151. The monoisotopic (exact) mass is 666 g/mol. The van der Waals surface area contributed by atoms with Crippen molar-refractivity contribution < 1.29 is 33.8 Å². The molecule has 2 heterocycles.